The standard InChI is InChI=1S/C12H26N4O3.C11H16N2O2.C8H15NO3.C4H11N3O.C2H3ClO.CH4O.B.Na.H/c1-12(2,3)19-11(18)16(4)9-8-14-6-5-7-15-10(13)17;12-7-4-8-13-11(14)15-9-10-5-2-1-3-6-10;1-8(2,3)12-7(11)9(4)5-6-10;5-2-1-3-7-4(6)8;1-2(3)4;1-2;;;/h14H,5-9H2,1-4H3,(H3,13,15,17);1-3,5-6H,4,7-9,12H2,(H,13,14);6H,5H2,1-4H3;1-3,5H2,(H3,6,7,8);1H3;2H,1H3;;;/q;;;;;;;+1;-1. The third-order valence-corrected chi connectivity index (χ3v) is 5.76. The molecule has 62 heavy (non-hydrogen) atoms. The number of aliphatic hydroxyl groups is 1. The summed E-state index contributed by atoms with van der Waals surface area (Å²) >= 11 is 4.64. The zero-order valence-corrected chi connectivity index (χ0v) is 41.6. The van der Waals surface area contributed by atoms with Gasteiger partial charge in [0.2, 0.25) is 5.24 Å². The van der Waals surface area contributed by atoms with Gasteiger partial charge in [0.05, 0.1) is 6.54 Å². The Morgan fingerprint density at radius 1 is 0.742 bits per heavy atom. The summed E-state index contributed by atoms with van der Waals surface area (Å²) in [5.74, 6) is 0. The van der Waals surface area contributed by atoms with E-state index < -0.39 is 35.5 Å². The van der Waals surface area contributed by atoms with Gasteiger partial charge in [0.1, 0.15) is 24.1 Å². The smallest absolute Gasteiger partial charge is 1.00 e. The Morgan fingerprint density at radius 3 is 1.53 bits per heavy atom. The molecule has 0 fully saturated rings. The van der Waals surface area contributed by atoms with Crippen molar-refractivity contribution in [2.45, 2.75) is 85.5 Å². The Bertz CT molecular complexity index is 1290. The van der Waals surface area contributed by atoms with E-state index in [1.807, 2.05) is 51.1 Å². The molecule has 1 aromatic rings. The van der Waals surface area contributed by atoms with Crippen molar-refractivity contribution in [2.75, 3.05) is 80.1 Å². The van der Waals surface area contributed by atoms with Gasteiger partial charge in [-0.2, -0.15) is 0 Å². The minimum atomic E-state index is -0.510. The fourth-order valence-electron chi connectivity index (χ4n) is 3.13. The molecule has 24 heteroatoms. The van der Waals surface area contributed by atoms with Crippen LogP contribution in [0, 0.1) is 0 Å². The second kappa shape index (κ2) is 48.1. The second-order valence-corrected chi connectivity index (χ2v) is 14.4. The van der Waals surface area contributed by atoms with Crippen molar-refractivity contribution >= 4 is 61.9 Å². The van der Waals surface area contributed by atoms with Gasteiger partial charge < -0.3 is 79.5 Å². The monoisotopic (exact) mass is 918 g/mol. The van der Waals surface area contributed by atoms with Gasteiger partial charge >= 0.3 is 59.9 Å². The van der Waals surface area contributed by atoms with Crippen LogP contribution in [0.15, 0.2) is 30.3 Å². The van der Waals surface area contributed by atoms with E-state index in [9.17, 15) is 33.6 Å². The van der Waals surface area contributed by atoms with Gasteiger partial charge in [-0.3, -0.25) is 4.79 Å². The fourth-order valence-corrected chi connectivity index (χ4v) is 3.13. The second-order valence-electron chi connectivity index (χ2n) is 13.9. The fraction of sp³-hybridized carbons (Fsp3) is 0.658. The number of nitrogens with one attached hydrogen (secondary N) is 4. The molecular formula is C38H76BClN10NaO11. The zero-order valence-electron chi connectivity index (χ0n) is 39.8. The van der Waals surface area contributed by atoms with E-state index in [0.717, 1.165) is 38.5 Å². The van der Waals surface area contributed by atoms with E-state index in [-0.39, 0.29) is 57.3 Å². The quantitative estimate of drug-likeness (QED) is 0.0296. The first kappa shape index (κ1) is 72.5. The van der Waals surface area contributed by atoms with Crippen molar-refractivity contribution in [2.24, 2.45) is 22.9 Å². The van der Waals surface area contributed by atoms with Crippen LogP contribution < -0.4 is 73.8 Å². The first-order chi connectivity index (χ1) is 27.9. The van der Waals surface area contributed by atoms with E-state index >= 15 is 0 Å². The normalized spacial score (nSPS) is 9.39. The Morgan fingerprint density at radius 2 is 1.15 bits per heavy atom. The number of carbonyl (C=O) groups excluding carboxylic acids is 7. The number of carbonyl (C=O) groups is 7. The molecule has 0 bridgehead atoms. The van der Waals surface area contributed by atoms with Crippen LogP contribution in [0.3, 0.4) is 0 Å². The van der Waals surface area contributed by atoms with E-state index in [0.29, 0.717) is 58.7 Å². The van der Waals surface area contributed by atoms with Crippen LogP contribution in [0.2, 0.25) is 0 Å². The third-order valence-electron chi connectivity index (χ3n) is 5.76. The molecule has 0 unspecified atom stereocenters. The molecule has 0 aliphatic carbocycles. The summed E-state index contributed by atoms with van der Waals surface area (Å²) in [7, 11) is 4.22. The average molecular weight is 918 g/mol. The zero-order chi connectivity index (χ0) is 47.6. The van der Waals surface area contributed by atoms with Crippen LogP contribution in [-0.2, 0) is 30.4 Å². The van der Waals surface area contributed by atoms with Crippen LogP contribution in [0.1, 0.15) is 74.7 Å². The topological polar surface area (TPSA) is 326 Å². The van der Waals surface area contributed by atoms with Crippen molar-refractivity contribution in [1.82, 2.24) is 31.1 Å². The van der Waals surface area contributed by atoms with Crippen molar-refractivity contribution in [1.29, 1.82) is 0 Å². The number of nitrogens with zero attached hydrogens (tertiary/aromatic N) is 2. The minimum absolute atomic E-state index is 0. The maximum atomic E-state index is 11.6. The maximum Gasteiger partial charge on any atom is 1.00 e. The number of aliphatic hydroxyl groups excluding tert-OH is 1. The average Bonchev–Trinajstić information content (AvgIpc) is 3.14. The van der Waals surface area contributed by atoms with Crippen molar-refractivity contribution in [3.05, 3.63) is 35.9 Å². The minimum Gasteiger partial charge on any atom is -1.00 e. The Balaban J connectivity index is -0.000000104. The number of aldehydes is 1. The number of rotatable bonds is 17. The van der Waals surface area contributed by atoms with Gasteiger partial charge in [-0.25, -0.2) is 24.0 Å². The molecule has 0 saturated heterocycles. The molecule has 0 heterocycles. The van der Waals surface area contributed by atoms with E-state index in [2.05, 4.69) is 32.9 Å². The molecule has 0 aromatic heterocycles. The van der Waals surface area contributed by atoms with Gasteiger partial charge in [-0.1, -0.05) is 30.3 Å². The third kappa shape index (κ3) is 67.9. The molecule has 0 atom stereocenters. The molecule has 0 saturated carbocycles. The molecule has 0 aliphatic rings. The Kier molecular flexibility index (Phi) is 56.3. The Hall–Kier alpha value is -3.90. The summed E-state index contributed by atoms with van der Waals surface area (Å²) in [5.41, 5.74) is 20.1. The number of benzene rings is 1. The van der Waals surface area contributed by atoms with Gasteiger partial charge in [-0.15, -0.1) is 0 Å². The number of urea groups is 2. The summed E-state index contributed by atoms with van der Waals surface area (Å²) in [6.07, 6.45) is 1.79. The molecule has 21 nitrogen and oxygen atoms in total. The summed E-state index contributed by atoms with van der Waals surface area (Å²) < 4.78 is 15.2. The predicted octanol–water partition coefficient (Wildman–Crippen LogP) is -1.07. The van der Waals surface area contributed by atoms with Gasteiger partial charge in [0.25, 0.3) is 0 Å². The molecule has 355 valence electrons. The number of nitrogens with two attached hydrogens (primary N) is 4. The molecule has 13 N–H and O–H groups in total. The molecule has 0 spiro atoms. The number of hydrogen-bond acceptors (Lipinski definition) is 14. The summed E-state index contributed by atoms with van der Waals surface area (Å²) in [4.78, 5) is 76.2. The van der Waals surface area contributed by atoms with Gasteiger partial charge in [0.15, 0.2) is 0 Å². The van der Waals surface area contributed by atoms with Crippen LogP contribution in [-0.4, -0.2) is 156 Å². The number of primary amides is 2. The summed E-state index contributed by atoms with van der Waals surface area (Å²) in [6, 6.07) is 8.56. The number of alkyl carbamates (subject to hydrolysis) is 1. The molecule has 1 aromatic carbocycles. The number of ether oxygens (including phenoxy) is 3. The predicted molar refractivity (Wildman–Crippen MR) is 240 cm³/mol. The van der Waals surface area contributed by atoms with Crippen molar-refractivity contribution in [3.8, 4) is 0 Å². The van der Waals surface area contributed by atoms with Crippen LogP contribution >= 0.6 is 11.6 Å². The number of hydrogen-bond donors (Lipinski definition) is 9. The number of halogens is 1. The summed E-state index contributed by atoms with van der Waals surface area (Å²) in [5, 5.41) is 17.3. The maximum absolute atomic E-state index is 11.6. The summed E-state index contributed by atoms with van der Waals surface area (Å²) in [6.45, 7) is 17.3. The molecule has 7 amide bonds. The van der Waals surface area contributed by atoms with Gasteiger partial charge in [0, 0.05) is 69.3 Å². The van der Waals surface area contributed by atoms with Gasteiger partial charge in [-0.05, 0) is 97.6 Å². The number of likely N-dealkylation sites (N-methyl/N-ethyl adjacent to an activating group) is 2. The largest absolute Gasteiger partial charge is 1.00 e. The van der Waals surface area contributed by atoms with Crippen molar-refractivity contribution < 1.29 is 83.9 Å². The van der Waals surface area contributed by atoms with Crippen LogP contribution in [0.5, 0.6) is 0 Å². The number of amides is 7. The van der Waals surface area contributed by atoms with Crippen LogP contribution in [0.25, 0.3) is 0 Å². The molecular weight excluding hydrogens is 842 g/mol. The molecule has 0 aliphatic heterocycles. The molecule has 3 radical (unpaired) electrons. The first-order valence-electron chi connectivity index (χ1n) is 19.0. The van der Waals surface area contributed by atoms with E-state index in [1.165, 1.54) is 23.8 Å². The van der Waals surface area contributed by atoms with E-state index in [1.54, 1.807) is 27.8 Å². The van der Waals surface area contributed by atoms with E-state index in [4.69, 9.17) is 42.3 Å². The van der Waals surface area contributed by atoms with Crippen molar-refractivity contribution in [3.63, 3.8) is 0 Å². The SMILES string of the molecule is CC(=O)Cl.CN(CC=O)C(=O)OC(C)(C)C.CN(CCNCCCNC(N)=O)C(=O)OC(C)(C)C.CO.NCCCNC(=O)OCc1ccccc1.NCCCNC(N)=O.[B].[H-].[Na+]. The first-order valence-corrected chi connectivity index (χ1v) is 19.3. The Labute approximate surface area is 399 Å². The molecule has 1 rings (SSSR count). The van der Waals surface area contributed by atoms with Crippen LogP contribution in [0.4, 0.5) is 24.0 Å².